The Labute approximate surface area is 126 Å². The second kappa shape index (κ2) is 5.95. The molecular weight excluding hydrogens is 292 g/mol. The molecule has 1 aliphatic heterocycles. The molecule has 1 aliphatic rings. The summed E-state index contributed by atoms with van der Waals surface area (Å²) in [4.78, 5) is 4.85. The number of para-hydroxylation sites is 1. The van der Waals surface area contributed by atoms with Gasteiger partial charge in [-0.05, 0) is 32.5 Å². The Hall–Kier alpha value is -0.720. The molecule has 112 valence electrons. The fourth-order valence-electron chi connectivity index (χ4n) is 2.71. The summed E-state index contributed by atoms with van der Waals surface area (Å²) < 4.78 is 23.9. The van der Waals surface area contributed by atoms with Gasteiger partial charge in [0.2, 0.25) is 0 Å². The van der Waals surface area contributed by atoms with Crippen LogP contribution in [0, 0.1) is 0 Å². The summed E-state index contributed by atoms with van der Waals surface area (Å²) in [5.41, 5.74) is 0.832. The SMILES string of the molecule is CS[C@@H]1CN(c2ccccc2S(C)(=O)=O)C[C@@H]1N(C)C. The molecular formula is C14H22N2O2S2. The molecule has 4 nitrogen and oxygen atoms in total. The average Bonchev–Trinajstić information content (AvgIpc) is 2.82. The molecule has 0 N–H and O–H groups in total. The minimum atomic E-state index is -3.19. The van der Waals surface area contributed by atoms with Gasteiger partial charge in [-0.2, -0.15) is 11.8 Å². The highest BCUT2D eigenvalue weighted by Crippen LogP contribution is 2.32. The average molecular weight is 314 g/mol. The summed E-state index contributed by atoms with van der Waals surface area (Å²) >= 11 is 1.85. The van der Waals surface area contributed by atoms with E-state index >= 15 is 0 Å². The van der Waals surface area contributed by atoms with Crippen molar-refractivity contribution in [2.45, 2.75) is 16.2 Å². The molecule has 0 saturated carbocycles. The summed E-state index contributed by atoms with van der Waals surface area (Å²) in [6.07, 6.45) is 3.39. The summed E-state index contributed by atoms with van der Waals surface area (Å²) in [6.45, 7) is 1.75. The van der Waals surface area contributed by atoms with E-state index in [1.54, 1.807) is 12.1 Å². The lowest BCUT2D eigenvalue weighted by Crippen LogP contribution is -2.36. The van der Waals surface area contributed by atoms with Gasteiger partial charge >= 0.3 is 0 Å². The molecule has 1 aromatic carbocycles. The van der Waals surface area contributed by atoms with Crippen molar-refractivity contribution in [3.63, 3.8) is 0 Å². The zero-order chi connectivity index (χ0) is 14.9. The monoisotopic (exact) mass is 314 g/mol. The van der Waals surface area contributed by atoms with Crippen LogP contribution in [-0.2, 0) is 9.84 Å². The van der Waals surface area contributed by atoms with Crippen molar-refractivity contribution in [3.05, 3.63) is 24.3 Å². The molecule has 1 heterocycles. The van der Waals surface area contributed by atoms with Crippen molar-refractivity contribution in [3.8, 4) is 0 Å². The molecule has 6 heteroatoms. The molecule has 0 amide bonds. The van der Waals surface area contributed by atoms with Crippen molar-refractivity contribution in [2.24, 2.45) is 0 Å². The van der Waals surface area contributed by atoms with Gasteiger partial charge in [0.1, 0.15) is 0 Å². The van der Waals surface area contributed by atoms with E-state index in [0.717, 1.165) is 18.8 Å². The number of hydrogen-bond donors (Lipinski definition) is 0. The van der Waals surface area contributed by atoms with Gasteiger partial charge in [0.25, 0.3) is 0 Å². The lowest BCUT2D eigenvalue weighted by Gasteiger charge is -2.24. The van der Waals surface area contributed by atoms with Crippen LogP contribution in [0.2, 0.25) is 0 Å². The van der Waals surface area contributed by atoms with Crippen LogP contribution in [0.5, 0.6) is 0 Å². The van der Waals surface area contributed by atoms with Crippen LogP contribution in [0.1, 0.15) is 0 Å². The Bertz CT molecular complexity index is 572. The molecule has 2 rings (SSSR count). The van der Waals surface area contributed by atoms with Gasteiger partial charge < -0.3 is 9.80 Å². The van der Waals surface area contributed by atoms with Gasteiger partial charge in [0.05, 0.1) is 10.6 Å². The third-order valence-corrected chi connectivity index (χ3v) is 6.02. The maximum atomic E-state index is 11.9. The molecule has 0 unspecified atom stereocenters. The van der Waals surface area contributed by atoms with Gasteiger partial charge in [-0.25, -0.2) is 8.42 Å². The number of benzene rings is 1. The number of nitrogens with zero attached hydrogens (tertiary/aromatic N) is 2. The first-order valence-corrected chi connectivity index (χ1v) is 9.75. The topological polar surface area (TPSA) is 40.6 Å². The number of likely N-dealkylation sites (N-methyl/N-ethyl adjacent to an activating group) is 1. The molecule has 0 aliphatic carbocycles. The third-order valence-electron chi connectivity index (χ3n) is 3.81. The van der Waals surface area contributed by atoms with E-state index in [4.69, 9.17) is 0 Å². The maximum absolute atomic E-state index is 11.9. The van der Waals surface area contributed by atoms with E-state index in [2.05, 4.69) is 30.2 Å². The Morgan fingerprint density at radius 3 is 2.40 bits per heavy atom. The van der Waals surface area contributed by atoms with Crippen LogP contribution < -0.4 is 4.90 Å². The third kappa shape index (κ3) is 3.13. The molecule has 1 aromatic rings. The van der Waals surface area contributed by atoms with Crippen LogP contribution in [0.15, 0.2) is 29.2 Å². The molecule has 0 bridgehead atoms. The highest BCUT2D eigenvalue weighted by atomic mass is 32.2. The van der Waals surface area contributed by atoms with E-state index in [1.807, 2.05) is 23.9 Å². The van der Waals surface area contributed by atoms with Crippen LogP contribution in [0.3, 0.4) is 0 Å². The number of sulfone groups is 1. The van der Waals surface area contributed by atoms with E-state index in [-0.39, 0.29) is 0 Å². The largest absolute Gasteiger partial charge is 0.368 e. The van der Waals surface area contributed by atoms with E-state index in [1.165, 1.54) is 6.26 Å². The second-order valence-electron chi connectivity index (χ2n) is 5.45. The predicted molar refractivity (Wildman–Crippen MR) is 86.5 cm³/mol. The summed E-state index contributed by atoms with van der Waals surface area (Å²) in [5, 5.41) is 0.498. The van der Waals surface area contributed by atoms with Crippen molar-refractivity contribution in [1.29, 1.82) is 0 Å². The Balaban J connectivity index is 2.35. The fourth-order valence-corrected chi connectivity index (χ4v) is 4.59. The molecule has 0 aromatic heterocycles. The van der Waals surface area contributed by atoms with Crippen LogP contribution in [0.25, 0.3) is 0 Å². The van der Waals surface area contributed by atoms with Gasteiger partial charge in [0, 0.05) is 30.6 Å². The first-order valence-electron chi connectivity index (χ1n) is 6.58. The molecule has 0 spiro atoms. The second-order valence-corrected chi connectivity index (χ2v) is 8.51. The summed E-state index contributed by atoms with van der Waals surface area (Å²) in [6, 6.07) is 7.73. The quantitative estimate of drug-likeness (QED) is 0.844. The number of hydrogen-bond acceptors (Lipinski definition) is 5. The normalized spacial score (nSPS) is 23.6. The predicted octanol–water partition coefficient (Wildman–Crippen LogP) is 1.57. The van der Waals surface area contributed by atoms with Crippen molar-refractivity contribution in [1.82, 2.24) is 4.90 Å². The Kier molecular flexibility index (Phi) is 4.66. The van der Waals surface area contributed by atoms with Gasteiger partial charge in [0.15, 0.2) is 9.84 Å². The van der Waals surface area contributed by atoms with E-state index in [9.17, 15) is 8.42 Å². The van der Waals surface area contributed by atoms with Gasteiger partial charge in [-0.15, -0.1) is 0 Å². The molecule has 1 fully saturated rings. The Morgan fingerprint density at radius 1 is 1.25 bits per heavy atom. The van der Waals surface area contributed by atoms with Gasteiger partial charge in [-0.3, -0.25) is 0 Å². The Morgan fingerprint density at radius 2 is 1.90 bits per heavy atom. The molecule has 2 atom stereocenters. The highest BCUT2D eigenvalue weighted by Gasteiger charge is 2.35. The van der Waals surface area contributed by atoms with Crippen LogP contribution >= 0.6 is 11.8 Å². The van der Waals surface area contributed by atoms with Crippen LogP contribution in [0.4, 0.5) is 5.69 Å². The molecule has 1 saturated heterocycles. The molecule has 0 radical (unpaired) electrons. The smallest absolute Gasteiger partial charge is 0.177 e. The highest BCUT2D eigenvalue weighted by molar-refractivity contribution is 7.99. The van der Waals surface area contributed by atoms with Crippen LogP contribution in [-0.4, -0.2) is 64.3 Å². The number of thioether (sulfide) groups is 1. The maximum Gasteiger partial charge on any atom is 0.177 e. The summed E-state index contributed by atoms with van der Waals surface area (Å²) in [5.74, 6) is 0. The zero-order valence-corrected chi connectivity index (χ0v) is 14.0. The van der Waals surface area contributed by atoms with Crippen molar-refractivity contribution in [2.75, 3.05) is 44.6 Å². The van der Waals surface area contributed by atoms with Crippen molar-refractivity contribution < 1.29 is 8.42 Å². The minimum absolute atomic E-state index is 0.430. The number of rotatable bonds is 4. The lowest BCUT2D eigenvalue weighted by molar-refractivity contribution is 0.320. The number of anilines is 1. The summed E-state index contributed by atoms with van der Waals surface area (Å²) in [7, 11) is 0.971. The van der Waals surface area contributed by atoms with E-state index in [0.29, 0.717) is 16.2 Å². The van der Waals surface area contributed by atoms with Crippen molar-refractivity contribution >= 4 is 27.3 Å². The minimum Gasteiger partial charge on any atom is -0.368 e. The van der Waals surface area contributed by atoms with Gasteiger partial charge in [-0.1, -0.05) is 12.1 Å². The lowest BCUT2D eigenvalue weighted by atomic mass is 10.2. The first-order chi connectivity index (χ1) is 9.34. The molecule has 20 heavy (non-hydrogen) atoms. The fraction of sp³-hybridized carbons (Fsp3) is 0.571. The standard InChI is InChI=1S/C14H22N2O2S2/c1-15(2)12-9-16(10-13(12)19-3)11-7-5-6-8-14(11)20(4,17)18/h5-8,12-13H,9-10H2,1-4H3/t12-,13+/m0/s1. The zero-order valence-electron chi connectivity index (χ0n) is 12.4. The first kappa shape index (κ1) is 15.7. The van der Waals surface area contributed by atoms with E-state index < -0.39 is 9.84 Å².